The van der Waals surface area contributed by atoms with E-state index >= 15 is 0 Å². The van der Waals surface area contributed by atoms with Crippen LogP contribution in [0, 0.1) is 0 Å². The number of hydrogen-bond donors (Lipinski definition) is 0. The summed E-state index contributed by atoms with van der Waals surface area (Å²) >= 11 is 0. The number of rotatable bonds is 4. The minimum atomic E-state index is -0.146. The van der Waals surface area contributed by atoms with Gasteiger partial charge < -0.3 is 4.57 Å². The summed E-state index contributed by atoms with van der Waals surface area (Å²) in [5.74, 6) is 0.200. The van der Waals surface area contributed by atoms with Crippen LogP contribution in [0.4, 0.5) is 0 Å². The lowest BCUT2D eigenvalue weighted by Gasteiger charge is -2.26. The van der Waals surface area contributed by atoms with Gasteiger partial charge in [-0.2, -0.15) is 0 Å². The summed E-state index contributed by atoms with van der Waals surface area (Å²) in [6.45, 7) is 2.02. The van der Waals surface area contributed by atoms with Gasteiger partial charge in [-0.15, -0.1) is 0 Å². The minimum Gasteiger partial charge on any atom is -0.348 e. The third-order valence-corrected chi connectivity index (χ3v) is 4.07. The molecule has 2 aromatic rings. The molecule has 0 saturated carbocycles. The van der Waals surface area contributed by atoms with Crippen LogP contribution in [-0.2, 0) is 7.05 Å². The van der Waals surface area contributed by atoms with Crippen LogP contribution in [-0.4, -0.2) is 28.3 Å². The molecule has 3 heteroatoms. The number of ketones is 1. The van der Waals surface area contributed by atoms with Gasteiger partial charge in [0.05, 0.1) is 5.69 Å². The highest BCUT2D eigenvalue weighted by atomic mass is 16.1. The Morgan fingerprint density at radius 3 is 2.35 bits per heavy atom. The van der Waals surface area contributed by atoms with Crippen LogP contribution in [0.2, 0.25) is 0 Å². The molecule has 2 heterocycles. The molecule has 0 radical (unpaired) electrons. The Morgan fingerprint density at radius 1 is 1.05 bits per heavy atom. The highest BCUT2D eigenvalue weighted by Crippen LogP contribution is 2.28. The highest BCUT2D eigenvalue weighted by molar-refractivity contribution is 5.99. The zero-order chi connectivity index (χ0) is 13.9. The number of aromatic nitrogens is 1. The maximum absolute atomic E-state index is 13.0. The van der Waals surface area contributed by atoms with Crippen molar-refractivity contribution in [3.63, 3.8) is 0 Å². The van der Waals surface area contributed by atoms with E-state index in [1.807, 2.05) is 48.1 Å². The average molecular weight is 267 g/mol. The minimum absolute atomic E-state index is 0.146. The van der Waals surface area contributed by atoms with Gasteiger partial charge in [0.25, 0.3) is 0 Å². The smallest absolute Gasteiger partial charge is 0.200 e. The maximum Gasteiger partial charge on any atom is 0.200 e. The number of nitrogens with zero attached hydrogens (tertiary/aromatic N) is 2. The summed E-state index contributed by atoms with van der Waals surface area (Å²) in [5.41, 5.74) is 1.88. The second kappa shape index (κ2) is 5.63. The summed E-state index contributed by atoms with van der Waals surface area (Å²) < 4.78 is 1.91. The highest BCUT2D eigenvalue weighted by Gasteiger charge is 2.31. The van der Waals surface area contributed by atoms with E-state index < -0.39 is 0 Å². The molecule has 104 valence electrons. The molecule has 1 saturated heterocycles. The van der Waals surface area contributed by atoms with Gasteiger partial charge in [0.1, 0.15) is 6.04 Å². The first-order valence-electron chi connectivity index (χ1n) is 7.22. The fourth-order valence-electron chi connectivity index (χ4n) is 3.02. The Labute approximate surface area is 119 Å². The van der Waals surface area contributed by atoms with Crippen LogP contribution in [0.5, 0.6) is 0 Å². The lowest BCUT2D eigenvalue weighted by Crippen LogP contribution is -2.32. The predicted octanol–water partition coefficient (Wildman–Crippen LogP) is 3.04. The van der Waals surface area contributed by atoms with Crippen molar-refractivity contribution in [1.82, 2.24) is 9.47 Å². The van der Waals surface area contributed by atoms with Crippen LogP contribution in [0.3, 0.4) is 0 Å². The molecule has 1 atom stereocenters. The third kappa shape index (κ3) is 2.41. The second-order valence-electron chi connectivity index (χ2n) is 5.42. The number of likely N-dealkylation sites (tertiary alicyclic amines) is 1. The number of aryl methyl sites for hydroxylation is 1. The van der Waals surface area contributed by atoms with Gasteiger partial charge in [-0.25, -0.2) is 0 Å². The fourth-order valence-corrected chi connectivity index (χ4v) is 3.02. The van der Waals surface area contributed by atoms with Gasteiger partial charge in [-0.05, 0) is 43.6 Å². The van der Waals surface area contributed by atoms with Crippen molar-refractivity contribution in [1.29, 1.82) is 0 Å². The van der Waals surface area contributed by atoms with Gasteiger partial charge >= 0.3 is 0 Å². The van der Waals surface area contributed by atoms with Gasteiger partial charge in [0.15, 0.2) is 0 Å². The van der Waals surface area contributed by atoms with Gasteiger partial charge in [-0.3, -0.25) is 9.69 Å². The van der Waals surface area contributed by atoms with Crippen molar-refractivity contribution < 1.29 is 4.79 Å². The summed E-state index contributed by atoms with van der Waals surface area (Å²) in [6, 6.07) is 13.8. The van der Waals surface area contributed by atoms with E-state index in [9.17, 15) is 4.79 Å². The largest absolute Gasteiger partial charge is 0.348 e. The van der Waals surface area contributed by atoms with Crippen molar-refractivity contribution in [3.05, 3.63) is 59.9 Å². The van der Waals surface area contributed by atoms with E-state index in [0.717, 1.165) is 24.3 Å². The molecule has 1 aliphatic heterocycles. The monoisotopic (exact) mass is 267 g/mol. The Kier molecular flexibility index (Phi) is 3.70. The van der Waals surface area contributed by atoms with Crippen molar-refractivity contribution >= 4 is 5.78 Å². The fraction of sp³-hybridized carbons (Fsp3) is 0.353. The molecule has 3 nitrogen and oxygen atoms in total. The molecule has 0 unspecified atom stereocenters. The molecule has 0 N–H and O–H groups in total. The molecule has 1 aromatic heterocycles. The molecule has 0 spiro atoms. The lowest BCUT2D eigenvalue weighted by molar-refractivity contribution is 0.0840. The van der Waals surface area contributed by atoms with E-state index in [0.29, 0.717) is 0 Å². The average Bonchev–Trinajstić information content (AvgIpc) is 3.12. The number of hydrogen-bond acceptors (Lipinski definition) is 2. The van der Waals surface area contributed by atoms with Crippen molar-refractivity contribution in [3.8, 4) is 0 Å². The van der Waals surface area contributed by atoms with Gasteiger partial charge in [0, 0.05) is 13.2 Å². The van der Waals surface area contributed by atoms with Crippen molar-refractivity contribution in [2.75, 3.05) is 13.1 Å². The standard InChI is InChI=1S/C17H20N2O/c1-18-11-7-10-15(18)17(20)16(19-12-5-6-13-19)14-8-3-2-4-9-14/h2-4,7-11,16H,5-6,12-13H2,1H3/t16-/m0/s1/i1-1. The first-order chi connectivity index (χ1) is 9.77. The Bertz CT molecular complexity index is 582. The number of benzene rings is 1. The summed E-state index contributed by atoms with van der Waals surface area (Å²) in [6.07, 6.45) is 4.30. The Balaban J connectivity index is 1.97. The number of carbonyl (C=O) groups excluding carboxylic acids is 1. The summed E-state index contributed by atoms with van der Waals surface area (Å²) in [4.78, 5) is 15.3. The van der Waals surface area contributed by atoms with Gasteiger partial charge in [0.2, 0.25) is 5.78 Å². The molecule has 0 bridgehead atoms. The lowest BCUT2D eigenvalue weighted by atomic mass is 9.99. The SMILES string of the molecule is [11CH3]n1cccc1C(=O)[C@H](c1ccccc1)N1CCCC1. The van der Waals surface area contributed by atoms with Crippen LogP contribution in [0.25, 0.3) is 0 Å². The number of carbonyl (C=O) groups is 1. The van der Waals surface area contributed by atoms with Gasteiger partial charge in [-0.1, -0.05) is 30.3 Å². The summed E-state index contributed by atoms with van der Waals surface area (Å²) in [5, 5.41) is 0. The van der Waals surface area contributed by atoms with E-state index in [2.05, 4.69) is 17.0 Å². The molecule has 1 aromatic carbocycles. The molecule has 1 fully saturated rings. The maximum atomic E-state index is 13.0. The van der Waals surface area contributed by atoms with Crippen LogP contribution in [0.1, 0.15) is 34.9 Å². The molecule has 3 rings (SSSR count). The number of Topliss-reactive ketones (excluding diaryl/α,β-unsaturated/α-hetero) is 1. The Morgan fingerprint density at radius 2 is 1.75 bits per heavy atom. The van der Waals surface area contributed by atoms with E-state index in [1.54, 1.807) is 0 Å². The van der Waals surface area contributed by atoms with E-state index in [1.165, 1.54) is 12.8 Å². The van der Waals surface area contributed by atoms with Crippen molar-refractivity contribution in [2.45, 2.75) is 18.9 Å². The first kappa shape index (κ1) is 13.1. The topological polar surface area (TPSA) is 25.2 Å². The molecular weight excluding hydrogens is 247 g/mol. The molecule has 1 aliphatic rings. The quantitative estimate of drug-likeness (QED) is 0.796. The predicted molar refractivity (Wildman–Crippen MR) is 79.7 cm³/mol. The molecule has 0 amide bonds. The molecule has 0 aliphatic carbocycles. The first-order valence-corrected chi connectivity index (χ1v) is 7.22. The van der Waals surface area contributed by atoms with Crippen LogP contribution in [0.15, 0.2) is 48.7 Å². The summed E-state index contributed by atoms with van der Waals surface area (Å²) in [7, 11) is 1.93. The van der Waals surface area contributed by atoms with Crippen molar-refractivity contribution in [2.24, 2.45) is 7.05 Å². The zero-order valence-electron chi connectivity index (χ0n) is 11.8. The zero-order valence-corrected chi connectivity index (χ0v) is 11.8. The van der Waals surface area contributed by atoms with E-state index in [-0.39, 0.29) is 11.8 Å². The Hall–Kier alpha value is -1.87. The normalized spacial score (nSPS) is 17.2. The van der Waals surface area contributed by atoms with E-state index in [4.69, 9.17) is 0 Å². The molecule has 20 heavy (non-hydrogen) atoms. The van der Waals surface area contributed by atoms with Crippen LogP contribution < -0.4 is 0 Å². The molecular formula is C17H20N2O. The third-order valence-electron chi connectivity index (χ3n) is 4.07. The van der Waals surface area contributed by atoms with Crippen LogP contribution >= 0.6 is 0 Å². The second-order valence-corrected chi connectivity index (χ2v) is 5.42.